The molecule has 1 N–H and O–H groups in total. The topological polar surface area (TPSA) is 76.1 Å². The van der Waals surface area contributed by atoms with Crippen LogP contribution >= 0.6 is 0 Å². The van der Waals surface area contributed by atoms with Gasteiger partial charge in [0.1, 0.15) is 17.1 Å². The van der Waals surface area contributed by atoms with Gasteiger partial charge in [-0.25, -0.2) is 18.4 Å². The first kappa shape index (κ1) is 17.2. The molecule has 6 nitrogen and oxygen atoms in total. The quantitative estimate of drug-likeness (QED) is 0.852. The lowest BCUT2D eigenvalue weighted by Crippen LogP contribution is -2.28. The van der Waals surface area contributed by atoms with Crippen molar-refractivity contribution in [2.75, 3.05) is 19.1 Å². The number of aromatic hydroxyl groups is 1. The molecule has 24 heavy (non-hydrogen) atoms. The van der Waals surface area contributed by atoms with Gasteiger partial charge in [-0.1, -0.05) is 6.08 Å². The summed E-state index contributed by atoms with van der Waals surface area (Å²) in [4.78, 5) is 24.9. The molecule has 0 saturated heterocycles. The molecule has 0 fully saturated rings. The molecule has 0 spiro atoms. The maximum Gasteiger partial charge on any atom is 0.355 e. The summed E-state index contributed by atoms with van der Waals surface area (Å²) in [6.45, 7) is 0. The zero-order valence-corrected chi connectivity index (χ0v) is 12.7. The normalized spacial score (nSPS) is 13.8. The van der Waals surface area contributed by atoms with Crippen LogP contribution in [0.3, 0.4) is 0 Å². The number of rotatable bonds is 3. The summed E-state index contributed by atoms with van der Waals surface area (Å²) in [6.07, 6.45) is 5.19. The minimum absolute atomic E-state index is 0.249. The Morgan fingerprint density at radius 3 is 2.17 bits per heavy atom. The van der Waals surface area contributed by atoms with Gasteiger partial charge in [0.15, 0.2) is 11.6 Å². The third-order valence-electron chi connectivity index (χ3n) is 3.13. The predicted molar refractivity (Wildman–Crippen MR) is 79.8 cm³/mol. The summed E-state index contributed by atoms with van der Waals surface area (Å²) < 4.78 is 37.6. The molecule has 0 bridgehead atoms. The molecule has 0 aliphatic carbocycles. The highest BCUT2D eigenvalue weighted by atomic mass is 19.1. The minimum Gasteiger partial charge on any atom is -0.508 e. The predicted octanol–water partition coefficient (Wildman–Crippen LogP) is 2.16. The summed E-state index contributed by atoms with van der Waals surface area (Å²) in [5.74, 6) is -4.78. The molecule has 1 aromatic rings. The lowest BCUT2D eigenvalue weighted by Gasteiger charge is -2.23. The maximum atomic E-state index is 14.2. The van der Waals surface area contributed by atoms with Crippen LogP contribution in [0.25, 0.3) is 0 Å². The number of benzene rings is 1. The molecule has 8 heteroatoms. The van der Waals surface area contributed by atoms with Crippen LogP contribution in [0.4, 0.5) is 14.5 Å². The molecule has 1 aliphatic rings. The van der Waals surface area contributed by atoms with Crippen molar-refractivity contribution in [2.24, 2.45) is 0 Å². The van der Waals surface area contributed by atoms with Gasteiger partial charge < -0.3 is 19.5 Å². The number of carbonyl (C=O) groups excluding carboxylic acids is 2. The van der Waals surface area contributed by atoms with Gasteiger partial charge in [0.25, 0.3) is 0 Å². The number of phenolic OH excluding ortho intramolecular Hbond substituents is 1. The molecule has 1 aromatic carbocycles. The number of ether oxygens (including phenoxy) is 2. The number of nitrogens with zero attached hydrogens (tertiary/aromatic N) is 1. The minimum atomic E-state index is -1.13. The van der Waals surface area contributed by atoms with E-state index in [1.807, 2.05) is 0 Å². The van der Waals surface area contributed by atoms with E-state index < -0.39 is 40.7 Å². The first-order valence-corrected chi connectivity index (χ1v) is 6.63. The molecular weight excluding hydrogens is 324 g/mol. The van der Waals surface area contributed by atoms with Gasteiger partial charge in [-0.2, -0.15) is 0 Å². The fourth-order valence-corrected chi connectivity index (χ4v) is 2.12. The van der Waals surface area contributed by atoms with E-state index in [2.05, 4.69) is 9.47 Å². The van der Waals surface area contributed by atoms with E-state index in [1.54, 1.807) is 0 Å². The van der Waals surface area contributed by atoms with E-state index in [0.717, 1.165) is 19.1 Å². The van der Waals surface area contributed by atoms with Gasteiger partial charge in [-0.15, -0.1) is 0 Å². The van der Waals surface area contributed by atoms with Gasteiger partial charge in [0, 0.05) is 18.3 Å². The van der Waals surface area contributed by atoms with Crippen LogP contribution in [0, 0.1) is 11.6 Å². The first-order chi connectivity index (χ1) is 11.4. The Balaban J connectivity index is 2.75. The summed E-state index contributed by atoms with van der Waals surface area (Å²) in [5, 5.41) is 9.27. The van der Waals surface area contributed by atoms with Gasteiger partial charge >= 0.3 is 11.9 Å². The standard InChI is InChI=1S/C16H13F2NO5/c1-23-15(21)10-5-3-4-6-19(13(10)16(22)24-2)14-11(17)7-9(20)8-12(14)18/h3-8,20H,1-2H3. The van der Waals surface area contributed by atoms with Crippen LogP contribution in [0.1, 0.15) is 0 Å². The van der Waals surface area contributed by atoms with Crippen molar-refractivity contribution in [3.05, 3.63) is 59.5 Å². The monoisotopic (exact) mass is 337 g/mol. The van der Waals surface area contributed by atoms with E-state index >= 15 is 0 Å². The lowest BCUT2D eigenvalue weighted by molar-refractivity contribution is -0.139. The summed E-state index contributed by atoms with van der Waals surface area (Å²) in [5.41, 5.74) is -1.34. The second-order valence-corrected chi connectivity index (χ2v) is 4.57. The van der Waals surface area contributed by atoms with Gasteiger partial charge in [0.05, 0.1) is 19.8 Å². The number of halogens is 2. The smallest absolute Gasteiger partial charge is 0.355 e. The Morgan fingerprint density at radius 2 is 1.62 bits per heavy atom. The molecular formula is C16H13F2NO5. The van der Waals surface area contributed by atoms with Crippen LogP contribution < -0.4 is 4.90 Å². The van der Waals surface area contributed by atoms with Gasteiger partial charge in [-0.05, 0) is 12.2 Å². The fraction of sp³-hybridized carbons (Fsp3) is 0.125. The Bertz CT molecular complexity index is 760. The number of phenols is 1. The summed E-state index contributed by atoms with van der Waals surface area (Å²) in [6, 6.07) is 1.36. The van der Waals surface area contributed by atoms with Crippen LogP contribution in [0.2, 0.25) is 0 Å². The second kappa shape index (κ2) is 6.95. The number of esters is 2. The van der Waals surface area contributed by atoms with Gasteiger partial charge in [-0.3, -0.25) is 0 Å². The molecule has 0 radical (unpaired) electrons. The molecule has 1 heterocycles. The summed E-state index contributed by atoms with van der Waals surface area (Å²) in [7, 11) is 2.16. The number of carbonyl (C=O) groups is 2. The molecule has 0 saturated carbocycles. The van der Waals surface area contributed by atoms with Crippen molar-refractivity contribution < 1.29 is 33.0 Å². The molecule has 126 valence electrons. The maximum absolute atomic E-state index is 14.2. The molecule has 0 amide bonds. The van der Waals surface area contributed by atoms with Crippen molar-refractivity contribution in [3.63, 3.8) is 0 Å². The SMILES string of the molecule is COC(=O)C1=C(C(=O)OC)N(c2c(F)cc(O)cc2F)C=CC=C1. The lowest BCUT2D eigenvalue weighted by atomic mass is 10.1. The van der Waals surface area contributed by atoms with Crippen molar-refractivity contribution in [3.8, 4) is 5.75 Å². The Labute approximate surface area is 135 Å². The Hall–Kier alpha value is -3.16. The average Bonchev–Trinajstić information content (AvgIpc) is 2.75. The van der Waals surface area contributed by atoms with Crippen LogP contribution in [0.15, 0.2) is 47.8 Å². The van der Waals surface area contributed by atoms with E-state index in [9.17, 15) is 23.5 Å². The number of methoxy groups -OCH3 is 2. The van der Waals surface area contributed by atoms with Crippen molar-refractivity contribution in [2.45, 2.75) is 0 Å². The second-order valence-electron chi connectivity index (χ2n) is 4.57. The van der Waals surface area contributed by atoms with E-state index in [0.29, 0.717) is 12.1 Å². The number of anilines is 1. The summed E-state index contributed by atoms with van der Waals surface area (Å²) >= 11 is 0. The molecule has 0 aromatic heterocycles. The van der Waals surface area contributed by atoms with Crippen LogP contribution in [-0.4, -0.2) is 31.3 Å². The zero-order chi connectivity index (χ0) is 17.9. The zero-order valence-electron chi connectivity index (χ0n) is 12.7. The van der Waals surface area contributed by atoms with Crippen molar-refractivity contribution in [1.82, 2.24) is 0 Å². The van der Waals surface area contributed by atoms with E-state index in [-0.39, 0.29) is 5.57 Å². The highest BCUT2D eigenvalue weighted by Gasteiger charge is 2.30. The van der Waals surface area contributed by atoms with E-state index in [4.69, 9.17) is 0 Å². The van der Waals surface area contributed by atoms with Crippen molar-refractivity contribution >= 4 is 17.6 Å². The number of hydrogen-bond acceptors (Lipinski definition) is 6. The number of hydrogen-bond donors (Lipinski definition) is 1. The molecule has 0 unspecified atom stereocenters. The average molecular weight is 337 g/mol. The third-order valence-corrected chi connectivity index (χ3v) is 3.13. The molecule has 1 aliphatic heterocycles. The van der Waals surface area contributed by atoms with Crippen molar-refractivity contribution in [1.29, 1.82) is 0 Å². The van der Waals surface area contributed by atoms with E-state index in [1.165, 1.54) is 24.4 Å². The largest absolute Gasteiger partial charge is 0.508 e. The Kier molecular flexibility index (Phi) is 4.98. The molecule has 2 rings (SSSR count). The highest BCUT2D eigenvalue weighted by molar-refractivity contribution is 6.05. The molecule has 0 atom stereocenters. The van der Waals surface area contributed by atoms with Crippen LogP contribution in [0.5, 0.6) is 5.75 Å². The Morgan fingerprint density at radius 1 is 1.04 bits per heavy atom. The van der Waals surface area contributed by atoms with Crippen LogP contribution in [-0.2, 0) is 19.1 Å². The first-order valence-electron chi connectivity index (χ1n) is 6.63. The third kappa shape index (κ3) is 3.12. The number of allylic oxidation sites excluding steroid dienone is 2. The fourth-order valence-electron chi connectivity index (χ4n) is 2.12. The van der Waals surface area contributed by atoms with Gasteiger partial charge in [0.2, 0.25) is 0 Å². The highest BCUT2D eigenvalue weighted by Crippen LogP contribution is 2.33.